The van der Waals surface area contributed by atoms with Gasteiger partial charge in [-0.2, -0.15) is 0 Å². The van der Waals surface area contributed by atoms with Gasteiger partial charge in [-0.15, -0.1) is 0 Å². The summed E-state index contributed by atoms with van der Waals surface area (Å²) in [7, 11) is 1.82. The molecule has 1 aliphatic heterocycles. The number of fused-ring (bicyclic) bond motifs is 1. The second kappa shape index (κ2) is 8.03. The van der Waals surface area contributed by atoms with Crippen molar-refractivity contribution >= 4 is 45.7 Å². The van der Waals surface area contributed by atoms with Crippen molar-refractivity contribution in [3.8, 4) is 5.75 Å². The van der Waals surface area contributed by atoms with Crippen molar-refractivity contribution in [1.82, 2.24) is 4.57 Å². The summed E-state index contributed by atoms with van der Waals surface area (Å²) in [5, 5.41) is 4.64. The van der Waals surface area contributed by atoms with E-state index in [1.165, 1.54) is 0 Å². The molecule has 0 radical (unpaired) electrons. The van der Waals surface area contributed by atoms with Crippen LogP contribution in [-0.4, -0.2) is 29.8 Å². The van der Waals surface area contributed by atoms with Crippen molar-refractivity contribution < 1.29 is 14.3 Å². The van der Waals surface area contributed by atoms with Gasteiger partial charge in [0.1, 0.15) is 18.1 Å². The Morgan fingerprint density at radius 1 is 1.29 bits per heavy atom. The van der Waals surface area contributed by atoms with E-state index in [2.05, 4.69) is 5.32 Å². The Bertz CT molecular complexity index is 987. The third kappa shape index (κ3) is 3.70. The van der Waals surface area contributed by atoms with Gasteiger partial charge in [0, 0.05) is 29.6 Å². The van der Waals surface area contributed by atoms with Gasteiger partial charge in [-0.25, -0.2) is 0 Å². The number of aryl methyl sites for hydroxylation is 1. The molecule has 1 aliphatic rings. The summed E-state index contributed by atoms with van der Waals surface area (Å²) in [5.74, 6) is 0.219. The molecular formula is C21H20Cl2N2O3. The van der Waals surface area contributed by atoms with Crippen molar-refractivity contribution in [2.75, 3.05) is 18.5 Å². The Labute approximate surface area is 173 Å². The van der Waals surface area contributed by atoms with Crippen LogP contribution < -0.4 is 10.1 Å². The molecule has 1 fully saturated rings. The number of ether oxygens (including phenoxy) is 2. The molecule has 1 aromatic heterocycles. The van der Waals surface area contributed by atoms with Crippen molar-refractivity contribution in [2.24, 2.45) is 7.05 Å². The lowest BCUT2D eigenvalue weighted by Crippen LogP contribution is -2.19. The first-order chi connectivity index (χ1) is 13.5. The van der Waals surface area contributed by atoms with E-state index in [-0.39, 0.29) is 12.0 Å². The second-order valence-electron chi connectivity index (χ2n) is 6.78. The minimum atomic E-state index is -0.326. The maximum atomic E-state index is 13.0. The van der Waals surface area contributed by atoms with Crippen LogP contribution in [-0.2, 0) is 11.8 Å². The molecule has 0 spiro atoms. The summed E-state index contributed by atoms with van der Waals surface area (Å²) in [6.07, 6.45) is 2.09. The molecule has 3 aromatic rings. The third-order valence-electron chi connectivity index (χ3n) is 4.90. The molecule has 1 atom stereocenters. The molecule has 146 valence electrons. The van der Waals surface area contributed by atoms with Gasteiger partial charge in [0.15, 0.2) is 0 Å². The first-order valence-electron chi connectivity index (χ1n) is 9.13. The fraction of sp³-hybridized carbons (Fsp3) is 0.286. The molecule has 0 saturated carbocycles. The fourth-order valence-electron chi connectivity index (χ4n) is 3.46. The number of benzene rings is 2. The Hall–Kier alpha value is -2.21. The largest absolute Gasteiger partial charge is 0.489 e. The van der Waals surface area contributed by atoms with Crippen molar-refractivity contribution in [2.45, 2.75) is 18.9 Å². The van der Waals surface area contributed by atoms with E-state index in [4.69, 9.17) is 32.7 Å². The lowest BCUT2D eigenvalue weighted by Gasteiger charge is -2.16. The van der Waals surface area contributed by atoms with Crippen LogP contribution in [0.25, 0.3) is 10.9 Å². The molecule has 1 saturated heterocycles. The molecule has 0 aliphatic carbocycles. The highest BCUT2D eigenvalue weighted by atomic mass is 35.5. The number of nitrogens with one attached hydrogen (secondary N) is 1. The zero-order chi connectivity index (χ0) is 19.7. The average molecular weight is 419 g/mol. The number of para-hydroxylation sites is 1. The van der Waals surface area contributed by atoms with Crippen molar-refractivity contribution in [1.29, 1.82) is 0 Å². The molecule has 5 nitrogen and oxygen atoms in total. The standard InChI is InChI=1S/C21H20Cl2N2O3/c1-25-17-7-3-2-6-15(17)19(23)20(25)21(26)24-16-11-13(22)8-9-18(16)28-12-14-5-4-10-27-14/h2-3,6-9,11,14H,4-5,10,12H2,1H3,(H,24,26). The maximum absolute atomic E-state index is 13.0. The van der Waals surface area contributed by atoms with E-state index >= 15 is 0 Å². The molecule has 2 aromatic carbocycles. The van der Waals surface area contributed by atoms with E-state index in [1.54, 1.807) is 22.8 Å². The molecule has 28 heavy (non-hydrogen) atoms. The Balaban J connectivity index is 1.60. The number of hydrogen-bond acceptors (Lipinski definition) is 3. The first kappa shape index (κ1) is 19.1. The van der Waals surface area contributed by atoms with Gasteiger partial charge >= 0.3 is 0 Å². The van der Waals surface area contributed by atoms with Gasteiger partial charge in [-0.05, 0) is 37.1 Å². The van der Waals surface area contributed by atoms with Crippen LogP contribution in [0.4, 0.5) is 5.69 Å². The predicted octanol–water partition coefficient (Wildman–Crippen LogP) is 5.30. The highest BCUT2D eigenvalue weighted by Gasteiger charge is 2.22. The van der Waals surface area contributed by atoms with E-state index in [0.717, 1.165) is 30.4 Å². The highest BCUT2D eigenvalue weighted by Crippen LogP contribution is 2.33. The average Bonchev–Trinajstić information content (AvgIpc) is 3.29. The summed E-state index contributed by atoms with van der Waals surface area (Å²) in [5.41, 5.74) is 1.77. The molecule has 4 rings (SSSR count). The molecule has 0 bridgehead atoms. The molecule has 1 unspecified atom stereocenters. The number of halogens is 2. The highest BCUT2D eigenvalue weighted by molar-refractivity contribution is 6.39. The summed E-state index contributed by atoms with van der Waals surface area (Å²) in [6.45, 7) is 1.19. The van der Waals surface area contributed by atoms with Crippen LogP contribution in [0.5, 0.6) is 5.75 Å². The van der Waals surface area contributed by atoms with Crippen LogP contribution in [0.2, 0.25) is 10.0 Å². The SMILES string of the molecule is Cn1c(C(=O)Nc2cc(Cl)ccc2OCC2CCCO2)c(Cl)c2ccccc21. The zero-order valence-electron chi connectivity index (χ0n) is 15.4. The summed E-state index contributed by atoms with van der Waals surface area (Å²) in [4.78, 5) is 13.0. The monoisotopic (exact) mass is 418 g/mol. The number of aromatic nitrogens is 1. The quantitative estimate of drug-likeness (QED) is 0.611. The van der Waals surface area contributed by atoms with Gasteiger partial charge in [0.2, 0.25) is 0 Å². The minimum Gasteiger partial charge on any atom is -0.489 e. The first-order valence-corrected chi connectivity index (χ1v) is 9.88. The number of carbonyl (C=O) groups is 1. The number of nitrogens with zero attached hydrogens (tertiary/aromatic N) is 1. The van der Waals surface area contributed by atoms with Crippen LogP contribution >= 0.6 is 23.2 Å². The van der Waals surface area contributed by atoms with Crippen LogP contribution in [0, 0.1) is 0 Å². The summed E-state index contributed by atoms with van der Waals surface area (Å²) < 4.78 is 13.3. The Morgan fingerprint density at radius 3 is 2.86 bits per heavy atom. The van der Waals surface area contributed by atoms with Crippen molar-refractivity contribution in [3.05, 3.63) is 58.2 Å². The third-order valence-corrected chi connectivity index (χ3v) is 5.52. The van der Waals surface area contributed by atoms with E-state index < -0.39 is 0 Å². The predicted molar refractivity (Wildman–Crippen MR) is 112 cm³/mol. The molecule has 1 amide bonds. The second-order valence-corrected chi connectivity index (χ2v) is 7.59. The summed E-state index contributed by atoms with van der Waals surface area (Å²) >= 11 is 12.6. The minimum absolute atomic E-state index is 0.0758. The smallest absolute Gasteiger partial charge is 0.273 e. The van der Waals surface area contributed by atoms with Gasteiger partial charge in [0.05, 0.1) is 16.8 Å². The number of hydrogen-bond donors (Lipinski definition) is 1. The molecular weight excluding hydrogens is 399 g/mol. The summed E-state index contributed by atoms with van der Waals surface area (Å²) in [6, 6.07) is 12.8. The zero-order valence-corrected chi connectivity index (χ0v) is 16.9. The van der Waals surface area contributed by atoms with Gasteiger partial charge in [-0.1, -0.05) is 41.4 Å². The van der Waals surface area contributed by atoms with Crippen LogP contribution in [0.1, 0.15) is 23.3 Å². The van der Waals surface area contributed by atoms with E-state index in [0.29, 0.717) is 33.8 Å². The van der Waals surface area contributed by atoms with E-state index in [1.807, 2.05) is 31.3 Å². The molecule has 1 N–H and O–H groups in total. The number of amides is 1. The lowest BCUT2D eigenvalue weighted by atomic mass is 10.2. The Morgan fingerprint density at radius 2 is 2.11 bits per heavy atom. The normalized spacial score (nSPS) is 16.5. The lowest BCUT2D eigenvalue weighted by molar-refractivity contribution is 0.0682. The van der Waals surface area contributed by atoms with Gasteiger partial charge < -0.3 is 19.4 Å². The van der Waals surface area contributed by atoms with Crippen molar-refractivity contribution in [3.63, 3.8) is 0 Å². The van der Waals surface area contributed by atoms with Crippen LogP contribution in [0.15, 0.2) is 42.5 Å². The topological polar surface area (TPSA) is 52.5 Å². The van der Waals surface area contributed by atoms with Gasteiger partial charge in [-0.3, -0.25) is 4.79 Å². The molecule has 2 heterocycles. The number of rotatable bonds is 5. The van der Waals surface area contributed by atoms with Gasteiger partial charge in [0.25, 0.3) is 5.91 Å². The molecule has 7 heteroatoms. The fourth-order valence-corrected chi connectivity index (χ4v) is 4.01. The number of carbonyl (C=O) groups excluding carboxylic acids is 1. The number of anilines is 1. The van der Waals surface area contributed by atoms with Crippen LogP contribution in [0.3, 0.4) is 0 Å². The Kier molecular flexibility index (Phi) is 5.49. The maximum Gasteiger partial charge on any atom is 0.273 e. The van der Waals surface area contributed by atoms with E-state index in [9.17, 15) is 4.79 Å².